The molecule has 0 amide bonds. The lowest BCUT2D eigenvalue weighted by Gasteiger charge is -2.23. The van der Waals surface area contributed by atoms with Crippen LogP contribution in [0.4, 0.5) is 0 Å². The molecule has 1 heteroatoms. The van der Waals surface area contributed by atoms with E-state index in [-0.39, 0.29) is 0 Å². The Balaban J connectivity index is 2.47. The smallest absolute Gasteiger partial charge is 0.00696 e. The molecule has 0 aliphatic heterocycles. The number of allylic oxidation sites excluding steroid dienone is 6. The fraction of sp³-hybridized carbons (Fsp3) is 0.667. The molecule has 1 unspecified atom stereocenters. The SMILES string of the molecule is CN/C(C)=C(\C(C)C)C(C)CCCC1=CC=CCC1. The van der Waals surface area contributed by atoms with E-state index in [1.807, 2.05) is 7.05 Å². The second-order valence-corrected chi connectivity index (χ2v) is 6.07. The van der Waals surface area contributed by atoms with E-state index in [2.05, 4.69) is 51.2 Å². The van der Waals surface area contributed by atoms with Gasteiger partial charge >= 0.3 is 0 Å². The molecule has 0 aromatic rings. The molecule has 0 aromatic carbocycles. The minimum atomic E-state index is 0.638. The first-order valence-electron chi connectivity index (χ1n) is 7.79. The minimum Gasteiger partial charge on any atom is -0.392 e. The summed E-state index contributed by atoms with van der Waals surface area (Å²) in [6.07, 6.45) is 13.2. The molecule has 0 fully saturated rings. The van der Waals surface area contributed by atoms with Crippen molar-refractivity contribution in [3.05, 3.63) is 35.1 Å². The van der Waals surface area contributed by atoms with Crippen LogP contribution in [0.5, 0.6) is 0 Å². The summed E-state index contributed by atoms with van der Waals surface area (Å²) in [5.74, 6) is 1.33. The Morgan fingerprint density at radius 3 is 2.58 bits per heavy atom. The fourth-order valence-electron chi connectivity index (χ4n) is 3.17. The van der Waals surface area contributed by atoms with E-state index in [0.717, 1.165) is 0 Å². The van der Waals surface area contributed by atoms with Crippen molar-refractivity contribution >= 4 is 0 Å². The van der Waals surface area contributed by atoms with E-state index in [0.29, 0.717) is 11.8 Å². The van der Waals surface area contributed by atoms with Gasteiger partial charge in [-0.1, -0.05) is 44.6 Å². The summed E-state index contributed by atoms with van der Waals surface area (Å²) in [6.45, 7) is 9.20. The van der Waals surface area contributed by atoms with Gasteiger partial charge in [-0.05, 0) is 56.4 Å². The van der Waals surface area contributed by atoms with Crippen molar-refractivity contribution in [3.63, 3.8) is 0 Å². The lowest BCUT2D eigenvalue weighted by atomic mass is 9.85. The van der Waals surface area contributed by atoms with Gasteiger partial charge in [0.2, 0.25) is 0 Å². The zero-order chi connectivity index (χ0) is 14.3. The molecule has 1 nitrogen and oxygen atoms in total. The van der Waals surface area contributed by atoms with Crippen molar-refractivity contribution in [1.82, 2.24) is 5.32 Å². The molecule has 19 heavy (non-hydrogen) atoms. The van der Waals surface area contributed by atoms with Gasteiger partial charge in [-0.3, -0.25) is 0 Å². The van der Waals surface area contributed by atoms with Crippen molar-refractivity contribution < 1.29 is 0 Å². The van der Waals surface area contributed by atoms with Crippen molar-refractivity contribution in [2.45, 2.75) is 59.8 Å². The van der Waals surface area contributed by atoms with Crippen LogP contribution in [0.3, 0.4) is 0 Å². The summed E-state index contributed by atoms with van der Waals surface area (Å²) < 4.78 is 0. The third kappa shape index (κ3) is 5.26. The Morgan fingerprint density at radius 1 is 1.32 bits per heavy atom. The van der Waals surface area contributed by atoms with Gasteiger partial charge in [0.25, 0.3) is 0 Å². The van der Waals surface area contributed by atoms with Crippen molar-refractivity contribution in [2.24, 2.45) is 11.8 Å². The maximum absolute atomic E-state index is 3.33. The van der Waals surface area contributed by atoms with Crippen LogP contribution < -0.4 is 5.32 Å². The number of nitrogens with one attached hydrogen (secondary N) is 1. The Bertz CT molecular complexity index is 358. The Kier molecular flexibility index (Phi) is 6.97. The van der Waals surface area contributed by atoms with E-state index in [1.54, 1.807) is 11.1 Å². The topological polar surface area (TPSA) is 12.0 Å². The lowest BCUT2D eigenvalue weighted by Crippen LogP contribution is -2.15. The molecule has 1 atom stereocenters. The Hall–Kier alpha value is -0.980. The highest BCUT2D eigenvalue weighted by Crippen LogP contribution is 2.28. The second-order valence-electron chi connectivity index (χ2n) is 6.07. The van der Waals surface area contributed by atoms with Crippen LogP contribution in [0.1, 0.15) is 59.8 Å². The third-order valence-corrected chi connectivity index (χ3v) is 4.20. The van der Waals surface area contributed by atoms with Gasteiger partial charge in [-0.15, -0.1) is 0 Å². The van der Waals surface area contributed by atoms with Gasteiger partial charge < -0.3 is 5.32 Å². The highest BCUT2D eigenvalue weighted by molar-refractivity contribution is 5.18. The van der Waals surface area contributed by atoms with Crippen LogP contribution in [0, 0.1) is 11.8 Å². The summed E-state index contributed by atoms with van der Waals surface area (Å²) in [5.41, 5.74) is 4.59. The molecule has 1 N–H and O–H groups in total. The van der Waals surface area contributed by atoms with Crippen LogP contribution in [0.15, 0.2) is 35.1 Å². The summed E-state index contributed by atoms with van der Waals surface area (Å²) >= 11 is 0. The summed E-state index contributed by atoms with van der Waals surface area (Å²) in [7, 11) is 2.03. The first-order chi connectivity index (χ1) is 9.06. The third-order valence-electron chi connectivity index (χ3n) is 4.20. The Labute approximate surface area is 119 Å². The van der Waals surface area contributed by atoms with E-state index >= 15 is 0 Å². The molecule has 0 radical (unpaired) electrons. The maximum Gasteiger partial charge on any atom is 0.00696 e. The van der Waals surface area contributed by atoms with Crippen LogP contribution in [-0.4, -0.2) is 7.05 Å². The van der Waals surface area contributed by atoms with E-state index in [4.69, 9.17) is 0 Å². The van der Waals surface area contributed by atoms with Crippen molar-refractivity contribution in [2.75, 3.05) is 7.05 Å². The highest BCUT2D eigenvalue weighted by atomic mass is 14.8. The van der Waals surface area contributed by atoms with Crippen LogP contribution in [0.2, 0.25) is 0 Å². The monoisotopic (exact) mass is 261 g/mol. The molecular formula is C18H31N. The summed E-state index contributed by atoms with van der Waals surface area (Å²) in [4.78, 5) is 0. The van der Waals surface area contributed by atoms with Gasteiger partial charge in [-0.2, -0.15) is 0 Å². The van der Waals surface area contributed by atoms with Gasteiger partial charge in [0.05, 0.1) is 0 Å². The molecule has 1 aliphatic carbocycles. The standard InChI is InChI=1S/C18H31N/c1-14(2)18(16(4)19-5)15(3)10-9-13-17-11-7-6-8-12-17/h6-7,11,14-15,19H,8-10,12-13H2,1-5H3/b18-16+. The average Bonchev–Trinajstić information content (AvgIpc) is 2.39. The average molecular weight is 261 g/mol. The maximum atomic E-state index is 3.33. The van der Waals surface area contributed by atoms with Gasteiger partial charge in [0.15, 0.2) is 0 Å². The zero-order valence-electron chi connectivity index (χ0n) is 13.4. The molecule has 1 aliphatic rings. The number of rotatable bonds is 7. The minimum absolute atomic E-state index is 0.638. The Morgan fingerprint density at radius 2 is 2.05 bits per heavy atom. The molecule has 1 rings (SSSR count). The largest absolute Gasteiger partial charge is 0.392 e. The van der Waals surface area contributed by atoms with Crippen molar-refractivity contribution in [1.29, 1.82) is 0 Å². The molecule has 108 valence electrons. The van der Waals surface area contributed by atoms with E-state index in [9.17, 15) is 0 Å². The van der Waals surface area contributed by atoms with Crippen LogP contribution in [0.25, 0.3) is 0 Å². The predicted octanol–water partition coefficient (Wildman–Crippen LogP) is 5.22. The van der Waals surface area contributed by atoms with Crippen molar-refractivity contribution in [3.8, 4) is 0 Å². The second kappa shape index (κ2) is 8.24. The molecular weight excluding hydrogens is 230 g/mol. The molecule has 0 aromatic heterocycles. The van der Waals surface area contributed by atoms with E-state index in [1.165, 1.54) is 37.8 Å². The molecule has 0 spiro atoms. The van der Waals surface area contributed by atoms with Gasteiger partial charge in [-0.25, -0.2) is 0 Å². The van der Waals surface area contributed by atoms with Crippen LogP contribution in [-0.2, 0) is 0 Å². The lowest BCUT2D eigenvalue weighted by molar-refractivity contribution is 0.511. The molecule has 0 bridgehead atoms. The number of hydrogen-bond acceptors (Lipinski definition) is 1. The highest BCUT2D eigenvalue weighted by Gasteiger charge is 2.15. The predicted molar refractivity (Wildman–Crippen MR) is 86.1 cm³/mol. The zero-order valence-corrected chi connectivity index (χ0v) is 13.4. The first kappa shape index (κ1) is 16.1. The molecule has 0 heterocycles. The van der Waals surface area contributed by atoms with E-state index < -0.39 is 0 Å². The first-order valence-corrected chi connectivity index (χ1v) is 7.79. The number of hydrogen-bond donors (Lipinski definition) is 1. The molecule has 0 saturated heterocycles. The fourth-order valence-corrected chi connectivity index (χ4v) is 3.17. The normalized spacial score (nSPS) is 18.1. The van der Waals surface area contributed by atoms with Gasteiger partial charge in [0, 0.05) is 12.7 Å². The summed E-state index contributed by atoms with van der Waals surface area (Å²) in [6, 6.07) is 0. The quantitative estimate of drug-likeness (QED) is 0.662. The van der Waals surface area contributed by atoms with Gasteiger partial charge in [0.1, 0.15) is 0 Å². The molecule has 0 saturated carbocycles. The summed E-state index contributed by atoms with van der Waals surface area (Å²) in [5, 5.41) is 3.33. The van der Waals surface area contributed by atoms with Crippen LogP contribution >= 0.6 is 0 Å².